The lowest BCUT2D eigenvalue weighted by atomic mass is 9.84. The molecule has 1 aliphatic heterocycles. The van der Waals surface area contributed by atoms with Crippen LogP contribution in [-0.2, 0) is 0 Å². The van der Waals surface area contributed by atoms with Crippen LogP contribution in [0.3, 0.4) is 0 Å². The molecule has 3 unspecified atom stereocenters. The Morgan fingerprint density at radius 2 is 1.83 bits per heavy atom. The summed E-state index contributed by atoms with van der Waals surface area (Å²) < 4.78 is 19.0. The number of halogens is 1. The molecule has 126 valence electrons. The van der Waals surface area contributed by atoms with Gasteiger partial charge in [-0.2, -0.15) is 0 Å². The fraction of sp³-hybridized carbons (Fsp3) is 0.684. The first-order valence-electron chi connectivity index (χ1n) is 9.07. The number of piperazine rings is 1. The van der Waals surface area contributed by atoms with Gasteiger partial charge in [-0.25, -0.2) is 4.39 Å². The summed E-state index contributed by atoms with van der Waals surface area (Å²) in [5, 5.41) is 0. The predicted molar refractivity (Wildman–Crippen MR) is 90.6 cm³/mol. The van der Waals surface area contributed by atoms with Gasteiger partial charge in [0.15, 0.2) is 0 Å². The minimum atomic E-state index is -0.187. The fourth-order valence-corrected chi connectivity index (χ4v) is 5.05. The van der Waals surface area contributed by atoms with Gasteiger partial charge in [0, 0.05) is 38.3 Å². The zero-order chi connectivity index (χ0) is 15.8. The van der Waals surface area contributed by atoms with E-state index in [1.165, 1.54) is 38.2 Å². The van der Waals surface area contributed by atoms with Gasteiger partial charge in [-0.05, 0) is 49.7 Å². The van der Waals surface area contributed by atoms with Crippen LogP contribution in [0.4, 0.5) is 10.1 Å². The van der Waals surface area contributed by atoms with Crippen LogP contribution in [0.25, 0.3) is 0 Å². The van der Waals surface area contributed by atoms with Crippen molar-refractivity contribution in [3.63, 3.8) is 0 Å². The van der Waals surface area contributed by atoms with Crippen LogP contribution < -0.4 is 9.64 Å². The average Bonchev–Trinajstić information content (AvgIpc) is 2.96. The maximum Gasteiger partial charge on any atom is 0.142 e. The normalized spacial score (nSPS) is 31.4. The number of hydrogen-bond donors (Lipinski definition) is 0. The monoisotopic (exact) mass is 318 g/mol. The number of anilines is 1. The van der Waals surface area contributed by atoms with Crippen molar-refractivity contribution in [2.75, 3.05) is 38.2 Å². The molecule has 23 heavy (non-hydrogen) atoms. The Labute approximate surface area is 138 Å². The van der Waals surface area contributed by atoms with E-state index < -0.39 is 0 Å². The second kappa shape index (κ2) is 6.31. The van der Waals surface area contributed by atoms with E-state index in [-0.39, 0.29) is 5.82 Å². The Balaban J connectivity index is 1.42. The highest BCUT2D eigenvalue weighted by Gasteiger charge is 2.39. The second-order valence-corrected chi connectivity index (χ2v) is 7.42. The Hall–Kier alpha value is -1.29. The number of nitrogens with zero attached hydrogens (tertiary/aromatic N) is 2. The lowest BCUT2D eigenvalue weighted by Gasteiger charge is -2.44. The molecule has 0 spiro atoms. The van der Waals surface area contributed by atoms with E-state index in [0.717, 1.165) is 55.5 Å². The molecule has 0 amide bonds. The van der Waals surface area contributed by atoms with Gasteiger partial charge in [0.1, 0.15) is 11.6 Å². The van der Waals surface area contributed by atoms with E-state index in [4.69, 9.17) is 4.74 Å². The van der Waals surface area contributed by atoms with Gasteiger partial charge >= 0.3 is 0 Å². The summed E-state index contributed by atoms with van der Waals surface area (Å²) in [6, 6.07) is 5.61. The SMILES string of the molecule is COc1ccc(F)cc1N1CCN(C2CCC3CCC2C3)CC1. The molecule has 3 nitrogen and oxygen atoms in total. The molecule has 3 aliphatic rings. The van der Waals surface area contributed by atoms with Gasteiger partial charge < -0.3 is 9.64 Å². The second-order valence-electron chi connectivity index (χ2n) is 7.42. The summed E-state index contributed by atoms with van der Waals surface area (Å²) in [6.45, 7) is 4.11. The quantitative estimate of drug-likeness (QED) is 0.848. The van der Waals surface area contributed by atoms with Crippen molar-refractivity contribution >= 4 is 5.69 Å². The summed E-state index contributed by atoms with van der Waals surface area (Å²) in [4.78, 5) is 4.98. The molecule has 2 saturated carbocycles. The summed E-state index contributed by atoms with van der Waals surface area (Å²) in [5.41, 5.74) is 0.900. The molecule has 1 aromatic carbocycles. The largest absolute Gasteiger partial charge is 0.495 e. The number of fused-ring (bicyclic) bond motifs is 2. The van der Waals surface area contributed by atoms with Crippen molar-refractivity contribution in [1.29, 1.82) is 0 Å². The molecule has 3 atom stereocenters. The topological polar surface area (TPSA) is 15.7 Å². The summed E-state index contributed by atoms with van der Waals surface area (Å²) in [7, 11) is 1.66. The number of methoxy groups -OCH3 is 1. The van der Waals surface area contributed by atoms with Gasteiger partial charge in [0.05, 0.1) is 12.8 Å². The Morgan fingerprint density at radius 3 is 2.61 bits per heavy atom. The van der Waals surface area contributed by atoms with Crippen molar-refractivity contribution in [2.24, 2.45) is 11.8 Å². The van der Waals surface area contributed by atoms with Crippen molar-refractivity contribution in [3.05, 3.63) is 24.0 Å². The molecule has 4 heteroatoms. The zero-order valence-corrected chi connectivity index (χ0v) is 14.0. The van der Waals surface area contributed by atoms with E-state index >= 15 is 0 Å². The highest BCUT2D eigenvalue weighted by molar-refractivity contribution is 5.59. The van der Waals surface area contributed by atoms with Gasteiger partial charge in [-0.1, -0.05) is 6.42 Å². The van der Waals surface area contributed by atoms with Crippen LogP contribution in [0, 0.1) is 17.7 Å². The average molecular weight is 318 g/mol. The molecule has 1 aromatic rings. The van der Waals surface area contributed by atoms with Crippen molar-refractivity contribution in [1.82, 2.24) is 4.90 Å². The molecule has 0 aromatic heterocycles. The van der Waals surface area contributed by atoms with Gasteiger partial charge in [0.2, 0.25) is 0 Å². The fourth-order valence-electron chi connectivity index (χ4n) is 5.05. The molecule has 1 heterocycles. The third-order valence-electron chi connectivity index (χ3n) is 6.26. The van der Waals surface area contributed by atoms with E-state index in [0.29, 0.717) is 0 Å². The molecule has 0 radical (unpaired) electrons. The minimum absolute atomic E-state index is 0.187. The number of hydrogen-bond acceptors (Lipinski definition) is 3. The smallest absolute Gasteiger partial charge is 0.142 e. The van der Waals surface area contributed by atoms with Crippen LogP contribution in [0.2, 0.25) is 0 Å². The first kappa shape index (κ1) is 15.3. The van der Waals surface area contributed by atoms with Crippen LogP contribution in [0.1, 0.15) is 32.1 Å². The van der Waals surface area contributed by atoms with Gasteiger partial charge in [-0.3, -0.25) is 4.90 Å². The highest BCUT2D eigenvalue weighted by Crippen LogP contribution is 2.44. The van der Waals surface area contributed by atoms with Crippen molar-refractivity contribution in [3.8, 4) is 5.75 Å². The van der Waals surface area contributed by atoms with Crippen molar-refractivity contribution in [2.45, 2.75) is 38.1 Å². The summed E-state index contributed by atoms with van der Waals surface area (Å²) in [6.07, 6.45) is 7.18. The molecule has 4 rings (SSSR count). The number of rotatable bonds is 3. The Kier molecular flexibility index (Phi) is 4.18. The first-order chi connectivity index (χ1) is 11.2. The van der Waals surface area contributed by atoms with E-state index in [1.54, 1.807) is 19.2 Å². The van der Waals surface area contributed by atoms with Crippen LogP contribution in [0.5, 0.6) is 5.75 Å². The minimum Gasteiger partial charge on any atom is -0.495 e. The molecular formula is C19H27FN2O. The highest BCUT2D eigenvalue weighted by atomic mass is 19.1. The Bertz CT molecular complexity index is 556. The van der Waals surface area contributed by atoms with Crippen LogP contribution >= 0.6 is 0 Å². The summed E-state index contributed by atoms with van der Waals surface area (Å²) in [5.74, 6) is 2.54. The van der Waals surface area contributed by atoms with Gasteiger partial charge in [0.25, 0.3) is 0 Å². The Morgan fingerprint density at radius 1 is 1.04 bits per heavy atom. The maximum atomic E-state index is 13.6. The number of benzene rings is 1. The van der Waals surface area contributed by atoms with Gasteiger partial charge in [-0.15, -0.1) is 0 Å². The third-order valence-corrected chi connectivity index (χ3v) is 6.26. The number of ether oxygens (including phenoxy) is 1. The molecule has 1 saturated heterocycles. The first-order valence-corrected chi connectivity index (χ1v) is 9.07. The molecular weight excluding hydrogens is 291 g/mol. The molecule has 2 bridgehead atoms. The lowest BCUT2D eigenvalue weighted by Crippen LogP contribution is -2.52. The maximum absolute atomic E-state index is 13.6. The standard InChI is InChI=1S/C19H27FN2O/c1-23-19-7-5-16(20)13-18(19)22-10-8-21(9-11-22)17-6-3-14-2-4-15(17)12-14/h5,7,13-15,17H,2-4,6,8-12H2,1H3. The lowest BCUT2D eigenvalue weighted by molar-refractivity contribution is 0.103. The molecule has 3 fully saturated rings. The predicted octanol–water partition coefficient (Wildman–Crippen LogP) is 3.54. The van der Waals surface area contributed by atoms with E-state index in [2.05, 4.69) is 9.80 Å². The van der Waals surface area contributed by atoms with Crippen LogP contribution in [-0.4, -0.2) is 44.2 Å². The van der Waals surface area contributed by atoms with Crippen molar-refractivity contribution < 1.29 is 9.13 Å². The van der Waals surface area contributed by atoms with Crippen LogP contribution in [0.15, 0.2) is 18.2 Å². The zero-order valence-electron chi connectivity index (χ0n) is 14.0. The molecule has 0 N–H and O–H groups in total. The summed E-state index contributed by atoms with van der Waals surface area (Å²) >= 11 is 0. The van der Waals surface area contributed by atoms with E-state index in [1.807, 2.05) is 0 Å². The molecule has 2 aliphatic carbocycles. The third kappa shape index (κ3) is 2.93. The van der Waals surface area contributed by atoms with E-state index in [9.17, 15) is 4.39 Å².